The van der Waals surface area contributed by atoms with Gasteiger partial charge in [0.2, 0.25) is 0 Å². The lowest BCUT2D eigenvalue weighted by molar-refractivity contribution is 0.310. The Balaban J connectivity index is 2.42. The molecular formula is C16H24NO4S2+. The average molecular weight is 359 g/mol. The molecule has 0 bridgehead atoms. The van der Waals surface area contributed by atoms with E-state index in [0.717, 1.165) is 11.3 Å². The Hall–Kier alpha value is -1.18. The van der Waals surface area contributed by atoms with Crippen LogP contribution in [-0.2, 0) is 20.9 Å². The van der Waals surface area contributed by atoms with E-state index in [1.54, 1.807) is 7.11 Å². The highest BCUT2D eigenvalue weighted by Crippen LogP contribution is 2.35. The van der Waals surface area contributed by atoms with Crippen LogP contribution in [0.15, 0.2) is 30.4 Å². The fourth-order valence-electron chi connectivity index (χ4n) is 2.76. The molecule has 0 saturated carbocycles. The number of hydrogen-bond donors (Lipinski definition) is 1. The van der Waals surface area contributed by atoms with Crippen molar-refractivity contribution in [1.29, 1.82) is 0 Å². The number of methoxy groups -OCH3 is 1. The highest BCUT2D eigenvalue weighted by Gasteiger charge is 2.39. The number of rotatable bonds is 7. The minimum absolute atomic E-state index is 0.0348. The van der Waals surface area contributed by atoms with Crippen molar-refractivity contribution in [1.82, 2.24) is 0 Å². The molecule has 0 fully saturated rings. The molecule has 7 heteroatoms. The van der Waals surface area contributed by atoms with Crippen molar-refractivity contribution < 1.29 is 17.9 Å². The minimum atomic E-state index is -3.13. The van der Waals surface area contributed by atoms with Gasteiger partial charge in [-0.1, -0.05) is 6.07 Å². The van der Waals surface area contributed by atoms with E-state index in [2.05, 4.69) is 0 Å². The first-order chi connectivity index (χ1) is 10.9. The monoisotopic (exact) mass is 358 g/mol. The summed E-state index contributed by atoms with van der Waals surface area (Å²) in [5.41, 5.74) is 0.916. The molecule has 2 N–H and O–H groups in total. The molecule has 5 nitrogen and oxygen atoms in total. The van der Waals surface area contributed by atoms with E-state index in [1.165, 1.54) is 6.26 Å². The number of sulfone groups is 1. The Kier molecular flexibility index (Phi) is 6.00. The van der Waals surface area contributed by atoms with Crippen LogP contribution in [0.25, 0.3) is 0 Å². The molecule has 0 amide bonds. The van der Waals surface area contributed by atoms with E-state index in [9.17, 15) is 8.42 Å². The molecule has 0 spiro atoms. The quantitative estimate of drug-likeness (QED) is 0.592. The van der Waals surface area contributed by atoms with Gasteiger partial charge in [-0.15, -0.1) is 0 Å². The molecule has 1 aromatic rings. The van der Waals surface area contributed by atoms with E-state index in [0.29, 0.717) is 18.1 Å². The Bertz CT molecular complexity index is 673. The lowest BCUT2D eigenvalue weighted by Gasteiger charge is -2.21. The highest BCUT2D eigenvalue weighted by molar-refractivity contribution is 7.96. The van der Waals surface area contributed by atoms with Gasteiger partial charge >= 0.3 is 0 Å². The maximum Gasteiger partial charge on any atom is 0.163 e. The van der Waals surface area contributed by atoms with Crippen LogP contribution in [0.4, 0.5) is 0 Å². The van der Waals surface area contributed by atoms with Crippen molar-refractivity contribution in [2.45, 2.75) is 18.1 Å². The van der Waals surface area contributed by atoms with Gasteiger partial charge in [0.25, 0.3) is 0 Å². The Morgan fingerprint density at radius 1 is 1.39 bits per heavy atom. The summed E-state index contributed by atoms with van der Waals surface area (Å²) in [7, 11) is -1.54. The first-order valence-electron chi connectivity index (χ1n) is 7.45. The van der Waals surface area contributed by atoms with Crippen LogP contribution in [0.1, 0.15) is 18.4 Å². The van der Waals surface area contributed by atoms with Crippen molar-refractivity contribution in [3.05, 3.63) is 35.9 Å². The molecule has 1 aromatic carbocycles. The van der Waals surface area contributed by atoms with Gasteiger partial charge in [0.15, 0.2) is 16.7 Å². The molecule has 1 heterocycles. The SMILES string of the molecule is CCOc1cc(C(CS(C)(=O)=O)[C@@H]2C=CC[S+]2N)ccc1OC. The second-order valence-electron chi connectivity index (χ2n) is 5.57. The zero-order chi connectivity index (χ0) is 17.0. The van der Waals surface area contributed by atoms with Crippen LogP contribution in [0.3, 0.4) is 0 Å². The third kappa shape index (κ3) is 4.65. The maximum atomic E-state index is 11.9. The summed E-state index contributed by atoms with van der Waals surface area (Å²) in [6.45, 7) is 2.41. The van der Waals surface area contributed by atoms with Gasteiger partial charge in [-0.2, -0.15) is 5.14 Å². The number of ether oxygens (including phenoxy) is 2. The van der Waals surface area contributed by atoms with Gasteiger partial charge in [0, 0.05) is 6.26 Å². The Morgan fingerprint density at radius 2 is 2.13 bits per heavy atom. The molecule has 0 aromatic heterocycles. The zero-order valence-corrected chi connectivity index (χ0v) is 15.3. The van der Waals surface area contributed by atoms with Crippen LogP contribution < -0.4 is 14.6 Å². The number of hydrogen-bond acceptors (Lipinski definition) is 5. The third-order valence-electron chi connectivity index (χ3n) is 3.76. The van der Waals surface area contributed by atoms with Crippen LogP contribution >= 0.6 is 0 Å². The van der Waals surface area contributed by atoms with Crippen LogP contribution in [0.5, 0.6) is 11.5 Å². The second kappa shape index (κ2) is 7.59. The summed E-state index contributed by atoms with van der Waals surface area (Å²) in [4.78, 5) is 0. The first kappa shape index (κ1) is 18.2. The smallest absolute Gasteiger partial charge is 0.163 e. The van der Waals surface area contributed by atoms with Crippen LogP contribution in [-0.4, -0.2) is 45.1 Å². The molecule has 1 aliphatic rings. The predicted octanol–water partition coefficient (Wildman–Crippen LogP) is 1.65. The average Bonchev–Trinajstić information content (AvgIpc) is 2.90. The van der Waals surface area contributed by atoms with Gasteiger partial charge in [-0.3, -0.25) is 0 Å². The molecule has 1 aliphatic heterocycles. The first-order valence-corrected chi connectivity index (χ1v) is 11.0. The Labute approximate surface area is 141 Å². The fraction of sp³-hybridized carbons (Fsp3) is 0.500. The molecule has 2 rings (SSSR count). The van der Waals surface area contributed by atoms with Crippen molar-refractivity contribution in [3.63, 3.8) is 0 Å². The molecular weight excluding hydrogens is 334 g/mol. The topological polar surface area (TPSA) is 78.6 Å². The van der Waals surface area contributed by atoms with E-state index >= 15 is 0 Å². The molecule has 0 saturated heterocycles. The van der Waals surface area contributed by atoms with Crippen LogP contribution in [0.2, 0.25) is 0 Å². The van der Waals surface area contributed by atoms with Gasteiger partial charge in [-0.05, 0) is 36.8 Å². The summed E-state index contributed by atoms with van der Waals surface area (Å²) in [5.74, 6) is 1.97. The number of benzene rings is 1. The fourth-order valence-corrected chi connectivity index (χ4v) is 5.47. The van der Waals surface area contributed by atoms with Crippen molar-refractivity contribution >= 4 is 20.9 Å². The highest BCUT2D eigenvalue weighted by atomic mass is 32.2. The lowest BCUT2D eigenvalue weighted by atomic mass is 9.96. The maximum absolute atomic E-state index is 11.9. The lowest BCUT2D eigenvalue weighted by Crippen LogP contribution is -2.34. The largest absolute Gasteiger partial charge is 0.493 e. The molecule has 128 valence electrons. The van der Waals surface area contributed by atoms with Crippen molar-refractivity contribution in [3.8, 4) is 11.5 Å². The van der Waals surface area contributed by atoms with E-state index < -0.39 is 9.84 Å². The van der Waals surface area contributed by atoms with Crippen molar-refractivity contribution in [2.24, 2.45) is 5.14 Å². The van der Waals surface area contributed by atoms with Gasteiger partial charge in [0.05, 0.1) is 36.5 Å². The van der Waals surface area contributed by atoms with E-state index in [4.69, 9.17) is 14.6 Å². The molecule has 3 atom stereocenters. The molecule has 0 aliphatic carbocycles. The van der Waals surface area contributed by atoms with E-state index in [-0.39, 0.29) is 28.0 Å². The zero-order valence-electron chi connectivity index (χ0n) is 13.7. The van der Waals surface area contributed by atoms with Gasteiger partial charge in [-0.25, -0.2) is 8.42 Å². The standard InChI is InChI=1S/C16H24NO4S2/c1-4-21-15-10-12(7-8-14(15)20-2)13(11-23(3,18)19)16-6-5-9-22(16)17/h5-8,10,13,16H,4,9,11,17H2,1-3H3/q+1/t13?,16-,22?/m0/s1. The normalized spacial score (nSPS) is 22.1. The second-order valence-corrected chi connectivity index (χ2v) is 9.57. The van der Waals surface area contributed by atoms with Crippen molar-refractivity contribution in [2.75, 3.05) is 31.5 Å². The summed E-state index contributed by atoms with van der Waals surface area (Å²) < 4.78 is 34.7. The van der Waals surface area contributed by atoms with Gasteiger partial charge < -0.3 is 9.47 Å². The molecule has 23 heavy (non-hydrogen) atoms. The summed E-state index contributed by atoms with van der Waals surface area (Å²) in [5, 5.41) is 6.24. The van der Waals surface area contributed by atoms with E-state index in [1.807, 2.05) is 37.3 Å². The summed E-state index contributed by atoms with van der Waals surface area (Å²) in [6.07, 6.45) is 5.35. The molecule has 0 radical (unpaired) electrons. The molecule has 2 unspecified atom stereocenters. The van der Waals surface area contributed by atoms with Crippen LogP contribution in [0, 0.1) is 0 Å². The Morgan fingerprint density at radius 3 is 2.65 bits per heavy atom. The summed E-state index contributed by atoms with van der Waals surface area (Å²) in [6, 6.07) is 5.60. The minimum Gasteiger partial charge on any atom is -0.493 e. The van der Waals surface area contributed by atoms with Gasteiger partial charge in [0.1, 0.15) is 15.6 Å². The number of nitrogens with two attached hydrogens (primary N) is 1. The predicted molar refractivity (Wildman–Crippen MR) is 96.0 cm³/mol. The summed E-state index contributed by atoms with van der Waals surface area (Å²) >= 11 is -0.341. The third-order valence-corrected chi connectivity index (χ3v) is 6.49.